The molecule has 0 nitrogen and oxygen atoms in total. The Kier molecular flexibility index (Phi) is 20.4. The molecule has 0 spiro atoms. The van der Waals surface area contributed by atoms with Crippen LogP contribution in [0.1, 0.15) is 0 Å². The fraction of sp³-hybridized carbons (Fsp3) is 1.00. The summed E-state index contributed by atoms with van der Waals surface area (Å²) in [7, 11) is 0. The van der Waals surface area contributed by atoms with Crippen LogP contribution in [0.5, 0.6) is 0 Å². The van der Waals surface area contributed by atoms with Crippen molar-refractivity contribution in [3.8, 4) is 0 Å². The molecule has 0 aliphatic heterocycles. The highest BCUT2D eigenvalue weighted by molar-refractivity contribution is 7.97. The molecule has 2 heteroatoms. The molecule has 28 valence electrons. The first-order chi connectivity index (χ1) is 1.41. The second kappa shape index (κ2) is 9.22. The lowest BCUT2D eigenvalue weighted by Crippen LogP contribution is -1.25. The summed E-state index contributed by atoms with van der Waals surface area (Å²) in [5, 5.41) is 0. The monoisotopic (exact) mass is 96.0 g/mol. The summed E-state index contributed by atoms with van der Waals surface area (Å²) in [4.78, 5) is 0. The number of hydrogen-bond acceptors (Lipinski definition) is 1. The Balaban J connectivity index is 0. The van der Waals surface area contributed by atoms with E-state index in [1.165, 1.54) is 0 Å². The number of thioether (sulfide) groups is 1. The quantitative estimate of drug-likeness (QED) is 0.406. The summed E-state index contributed by atoms with van der Waals surface area (Å²) in [6.45, 7) is 0. The minimum absolute atomic E-state index is 0. The minimum atomic E-state index is 0. The van der Waals surface area contributed by atoms with Gasteiger partial charge >= 0.3 is 0 Å². The topological polar surface area (TPSA) is 0 Å². The van der Waals surface area contributed by atoms with E-state index in [-0.39, 0.29) is 9.90 Å². The van der Waals surface area contributed by atoms with Gasteiger partial charge in [0.05, 0.1) is 0 Å². The molecule has 0 saturated heterocycles. The third-order valence-corrected chi connectivity index (χ3v) is 0. The standard InChI is InChI=1S/C2H6S.H3P/c1-3-2;/h1-2H3;1H3. The normalized spacial score (nSPS) is 4.50. The Bertz CT molecular complexity index is 6.00. The van der Waals surface area contributed by atoms with Gasteiger partial charge in [0, 0.05) is 0 Å². The van der Waals surface area contributed by atoms with Crippen LogP contribution in [0, 0.1) is 0 Å². The van der Waals surface area contributed by atoms with Crippen LogP contribution in [0.2, 0.25) is 0 Å². The lowest BCUT2D eigenvalue weighted by Gasteiger charge is -1.51. The van der Waals surface area contributed by atoms with Crippen molar-refractivity contribution in [1.82, 2.24) is 0 Å². The maximum atomic E-state index is 2.04. The van der Waals surface area contributed by atoms with Crippen molar-refractivity contribution >= 4 is 21.7 Å². The molecule has 0 saturated carbocycles. The molecule has 0 fully saturated rings. The zero-order valence-corrected chi connectivity index (χ0v) is 5.35. The minimum Gasteiger partial charge on any atom is -0.169 e. The molecular weight excluding hydrogens is 87.1 g/mol. The van der Waals surface area contributed by atoms with Gasteiger partial charge in [-0.1, -0.05) is 0 Å². The highest BCUT2D eigenvalue weighted by Crippen LogP contribution is 1.70. The maximum absolute atomic E-state index is 2.04. The average molecular weight is 96.1 g/mol. The molecule has 0 aromatic carbocycles. The summed E-state index contributed by atoms with van der Waals surface area (Å²) in [5.74, 6) is 0. The van der Waals surface area contributed by atoms with E-state index in [2.05, 4.69) is 0 Å². The molecule has 0 amide bonds. The van der Waals surface area contributed by atoms with Crippen molar-refractivity contribution in [2.45, 2.75) is 0 Å². The lowest BCUT2D eigenvalue weighted by atomic mass is 11.9. The number of rotatable bonds is 0. The van der Waals surface area contributed by atoms with Crippen LogP contribution in [0.4, 0.5) is 0 Å². The van der Waals surface area contributed by atoms with Crippen LogP contribution in [-0.2, 0) is 0 Å². The SMILES string of the molecule is CSC.P. The highest BCUT2D eigenvalue weighted by Gasteiger charge is 1.32. The van der Waals surface area contributed by atoms with Gasteiger partial charge in [-0.25, -0.2) is 0 Å². The smallest absolute Gasteiger partial charge is 0.0187 e. The summed E-state index contributed by atoms with van der Waals surface area (Å²) < 4.78 is 0. The Morgan fingerprint density at radius 2 is 1.25 bits per heavy atom. The van der Waals surface area contributed by atoms with Gasteiger partial charge in [0.2, 0.25) is 0 Å². The van der Waals surface area contributed by atoms with Crippen molar-refractivity contribution < 1.29 is 0 Å². The second-order valence-electron chi connectivity index (χ2n) is 0.408. The van der Waals surface area contributed by atoms with Gasteiger partial charge in [-0.3, -0.25) is 0 Å². The van der Waals surface area contributed by atoms with Crippen LogP contribution in [-0.4, -0.2) is 12.5 Å². The van der Waals surface area contributed by atoms with E-state index in [1.54, 1.807) is 11.8 Å². The summed E-state index contributed by atoms with van der Waals surface area (Å²) in [6.07, 6.45) is 4.08. The van der Waals surface area contributed by atoms with Crippen molar-refractivity contribution in [3.05, 3.63) is 0 Å². The van der Waals surface area contributed by atoms with Crippen LogP contribution < -0.4 is 0 Å². The van der Waals surface area contributed by atoms with Gasteiger partial charge in [0.15, 0.2) is 0 Å². The molecule has 0 aliphatic carbocycles. The van der Waals surface area contributed by atoms with Gasteiger partial charge in [-0.05, 0) is 12.5 Å². The average Bonchev–Trinajstić information content (AvgIpc) is 0.918. The van der Waals surface area contributed by atoms with E-state index >= 15 is 0 Å². The Labute approximate surface area is 35.0 Å². The number of hydrogen-bond donors (Lipinski definition) is 0. The molecule has 0 aromatic rings. The zero-order chi connectivity index (χ0) is 2.71. The molecule has 0 rings (SSSR count). The van der Waals surface area contributed by atoms with Crippen molar-refractivity contribution in [1.29, 1.82) is 0 Å². The van der Waals surface area contributed by atoms with Gasteiger partial charge in [-0.2, -0.15) is 21.7 Å². The van der Waals surface area contributed by atoms with Crippen LogP contribution in [0.25, 0.3) is 0 Å². The summed E-state index contributed by atoms with van der Waals surface area (Å²) >= 11 is 1.75. The Morgan fingerprint density at radius 3 is 1.25 bits per heavy atom. The summed E-state index contributed by atoms with van der Waals surface area (Å²) in [6, 6.07) is 0. The van der Waals surface area contributed by atoms with E-state index in [4.69, 9.17) is 0 Å². The first-order valence-corrected chi connectivity index (χ1v) is 2.45. The maximum Gasteiger partial charge on any atom is -0.0187 e. The molecule has 0 N–H and O–H groups in total. The Morgan fingerprint density at radius 1 is 1.25 bits per heavy atom. The lowest BCUT2D eigenvalue weighted by molar-refractivity contribution is 2.37. The Hall–Kier alpha value is 0.780. The molecule has 1 unspecified atom stereocenters. The van der Waals surface area contributed by atoms with E-state index < -0.39 is 0 Å². The van der Waals surface area contributed by atoms with Gasteiger partial charge < -0.3 is 0 Å². The third kappa shape index (κ3) is 14.5. The largest absolute Gasteiger partial charge is 0.169 e. The molecule has 1 atom stereocenters. The predicted molar refractivity (Wildman–Crippen MR) is 30.5 cm³/mol. The summed E-state index contributed by atoms with van der Waals surface area (Å²) in [5.41, 5.74) is 0. The fourth-order valence-corrected chi connectivity index (χ4v) is 0. The van der Waals surface area contributed by atoms with Gasteiger partial charge in [-0.15, -0.1) is 0 Å². The van der Waals surface area contributed by atoms with E-state index in [9.17, 15) is 0 Å². The van der Waals surface area contributed by atoms with Crippen LogP contribution >= 0.6 is 21.7 Å². The van der Waals surface area contributed by atoms with Gasteiger partial charge in [0.1, 0.15) is 0 Å². The molecule has 0 aliphatic rings. The first-order valence-electron chi connectivity index (χ1n) is 0.816. The highest BCUT2D eigenvalue weighted by atomic mass is 32.2. The molecule has 4 heavy (non-hydrogen) atoms. The van der Waals surface area contributed by atoms with Crippen LogP contribution in [0.15, 0.2) is 0 Å². The zero-order valence-electron chi connectivity index (χ0n) is 3.12. The molecule has 0 radical (unpaired) electrons. The molecule has 0 heterocycles. The van der Waals surface area contributed by atoms with Crippen molar-refractivity contribution in [2.75, 3.05) is 12.5 Å². The molecular formula is C2H9PS. The van der Waals surface area contributed by atoms with E-state index in [0.29, 0.717) is 0 Å². The second-order valence-corrected chi connectivity index (χ2v) is 1.22. The molecule has 0 aromatic heterocycles. The van der Waals surface area contributed by atoms with Crippen LogP contribution in [0.3, 0.4) is 0 Å². The molecule has 0 bridgehead atoms. The van der Waals surface area contributed by atoms with Gasteiger partial charge in [0.25, 0.3) is 0 Å². The fourth-order valence-electron chi connectivity index (χ4n) is 0. The van der Waals surface area contributed by atoms with Crippen molar-refractivity contribution in [2.24, 2.45) is 0 Å². The predicted octanol–water partition coefficient (Wildman–Crippen LogP) is 1.04. The first kappa shape index (κ1) is 8.84. The van der Waals surface area contributed by atoms with E-state index in [0.717, 1.165) is 0 Å². The van der Waals surface area contributed by atoms with Crippen molar-refractivity contribution in [3.63, 3.8) is 0 Å². The van der Waals surface area contributed by atoms with E-state index in [1.807, 2.05) is 12.5 Å². The third-order valence-electron chi connectivity index (χ3n) is 0.